The molecule has 0 aliphatic carbocycles. The summed E-state index contributed by atoms with van der Waals surface area (Å²) in [5, 5.41) is 62.7. The Morgan fingerprint density at radius 2 is 0.538 bits per heavy atom. The first-order chi connectivity index (χ1) is 69.4. The van der Waals surface area contributed by atoms with Crippen LogP contribution in [0.5, 0.6) is 46.0 Å². The van der Waals surface area contributed by atoms with Crippen molar-refractivity contribution in [2.45, 2.75) is 26.4 Å². The number of ketones is 5. The molecule has 0 bridgehead atoms. The summed E-state index contributed by atoms with van der Waals surface area (Å²) in [6, 6.07) is 75.6. The van der Waals surface area contributed by atoms with Crippen LogP contribution in [0.3, 0.4) is 0 Å². The predicted molar refractivity (Wildman–Crippen MR) is 562 cm³/mol. The zero-order chi connectivity index (χ0) is 102. The number of para-hydroxylation sites is 1. The monoisotopic (exact) mass is 1920 g/mol. The van der Waals surface area contributed by atoms with Crippen LogP contribution in [0.2, 0.25) is 0 Å². The van der Waals surface area contributed by atoms with Crippen LogP contribution >= 0.6 is 0 Å². The predicted octanol–water partition coefficient (Wildman–Crippen LogP) is 19.3. The van der Waals surface area contributed by atoms with E-state index in [2.05, 4.69) is 51.5 Å². The number of nitrogen functional groups attached to an aromatic ring is 5. The number of phenolic OH excluding ortho intramolecular Hbond substituents is 1. The lowest BCUT2D eigenvalue weighted by atomic mass is 10.1. The number of phenols is 1. The summed E-state index contributed by atoms with van der Waals surface area (Å²) in [5.74, 6) is 5.26. The van der Waals surface area contributed by atoms with E-state index in [1.807, 2.05) is 66.7 Å². The van der Waals surface area contributed by atoms with Crippen molar-refractivity contribution in [2.75, 3.05) is 105 Å². The highest BCUT2D eigenvalue weighted by atomic mass is 16.5. The third kappa shape index (κ3) is 30.1. The summed E-state index contributed by atoms with van der Waals surface area (Å²) < 4.78 is 36.3. The number of aromatic hydroxyl groups is 1. The SMILES string of the molecule is COc1ccc(/C=C/C(=O)c2cccnc2Nc2cc(CO)c(CO)c(OC)c2)cc1N.COc1ccc(/C=C/C(=O)c2cccnc2Nc2ccc(CO)c(OC)c2)cc1N.COc1ccc(/C=C/C(=O)c2cccnc2Nc2ccc(CO)cc2)cc1N.COc1ccc(/C=C/C(=O)c2cccnc2Nc2ccc(O)cc2)cc1N.COc1ccc(/C=C/C(=O)c2cccnc2Nc2ccccc2)cc1N. The van der Waals surface area contributed by atoms with Crippen molar-refractivity contribution >= 4 is 145 Å². The van der Waals surface area contributed by atoms with Crippen molar-refractivity contribution in [1.82, 2.24) is 24.9 Å². The van der Waals surface area contributed by atoms with Gasteiger partial charge in [-0.15, -0.1) is 0 Å². The van der Waals surface area contributed by atoms with E-state index in [0.717, 1.165) is 44.8 Å². The highest BCUT2D eigenvalue weighted by Crippen LogP contribution is 2.35. The zero-order valence-electron chi connectivity index (χ0n) is 79.1. The van der Waals surface area contributed by atoms with E-state index in [-0.39, 0.29) is 61.1 Å². The lowest BCUT2D eigenvalue weighted by Crippen LogP contribution is -2.05. The van der Waals surface area contributed by atoms with Gasteiger partial charge in [-0.3, -0.25) is 24.0 Å². The molecule has 10 aromatic carbocycles. The van der Waals surface area contributed by atoms with Gasteiger partial charge in [0, 0.05) is 82.7 Å². The highest BCUT2D eigenvalue weighted by Gasteiger charge is 2.20. The maximum Gasteiger partial charge on any atom is 0.189 e. The fourth-order valence-corrected chi connectivity index (χ4v) is 13.8. The number of benzene rings is 10. The standard InChI is InChI=1S/C24H25N3O5.C23H23N3O4.C22H21N3O3.C21H19N3O3.C21H19N3O2/c1-31-22-8-6-15(10-20(22)25)5-7-21(30)18-4-3-9-26-24(18)27-17-11-16(13-28)19(14-29)23(12-17)32-2;1-29-21-10-6-15(12-19(21)24)5-9-20(28)18-4-3-11-25-23(18)26-17-8-7-16(14-27)22(13-17)30-2;1-28-21-11-7-15(13-19(21)23)6-10-20(27)18-3-2-12-24-22(18)25-17-8-4-16(14-26)5-9-17;1-27-20-11-5-14(13-18(20)22)4-10-19(26)17-3-2-12-23-21(17)24-15-6-8-16(25)9-7-15;1-26-20-12-10-15(14-18(20)22)9-11-19(25)17-8-5-13-23-21(17)24-16-6-3-2-4-7-16/h3-12,28-29H,13-14,25H2,1-2H3,(H,26,27);3-13,27H,14,24H2,1-2H3,(H,25,26);2-13,26H,14,23H2,1H3,(H,24,25);2-13,25H,22H2,1H3,(H,23,24);2-14H,22H2,1H3,(H,23,24)/b7-5+;9-5+;10-6+;10-4+;11-9+. The molecule has 0 saturated heterocycles. The molecule has 0 atom stereocenters. The minimum absolute atomic E-state index is 0.0196. The number of nitrogens with two attached hydrogens (primary N) is 5. The van der Waals surface area contributed by atoms with Gasteiger partial charge in [-0.05, 0) is 251 Å². The number of nitrogens with one attached hydrogen (secondary N) is 5. The van der Waals surface area contributed by atoms with Crippen LogP contribution < -0.4 is 88.4 Å². The van der Waals surface area contributed by atoms with Crippen molar-refractivity contribution in [3.05, 3.63) is 400 Å². The Morgan fingerprint density at radius 3 is 0.818 bits per heavy atom. The van der Waals surface area contributed by atoms with E-state index in [4.69, 9.17) is 66.9 Å². The summed E-state index contributed by atoms with van der Waals surface area (Å²) >= 11 is 0. The molecule has 0 saturated carbocycles. The number of nitrogens with zero attached hydrogens (tertiary/aromatic N) is 5. The van der Waals surface area contributed by atoms with Gasteiger partial charge in [0.15, 0.2) is 28.9 Å². The molecule has 0 amide bonds. The fraction of sp³-hybridized carbons (Fsp3) is 0.0991. The minimum Gasteiger partial charge on any atom is -0.508 e. The Morgan fingerprint density at radius 1 is 0.266 bits per heavy atom. The van der Waals surface area contributed by atoms with Crippen LogP contribution in [-0.2, 0) is 26.4 Å². The number of aromatic nitrogens is 5. The molecule has 0 unspecified atom stereocenters. The topological polar surface area (TPSA) is 506 Å². The van der Waals surface area contributed by atoms with Gasteiger partial charge >= 0.3 is 0 Å². The third-order valence-electron chi connectivity index (χ3n) is 21.2. The van der Waals surface area contributed by atoms with E-state index in [1.54, 1.807) is 284 Å². The number of carbonyl (C=O) groups excluding carboxylic acids is 5. The number of hydrogen-bond acceptors (Lipinski definition) is 32. The first-order valence-corrected chi connectivity index (χ1v) is 44.0. The number of hydrogen-bond donors (Lipinski definition) is 15. The first kappa shape index (κ1) is 105. The van der Waals surface area contributed by atoms with Gasteiger partial charge in [-0.2, -0.15) is 0 Å². The lowest BCUT2D eigenvalue weighted by molar-refractivity contribution is 0.104. The number of carbonyl (C=O) groups is 5. The number of ether oxygens (including phenoxy) is 7. The summed E-state index contributed by atoms with van der Waals surface area (Å²) in [6.45, 7) is -0.692. The fourth-order valence-electron chi connectivity index (χ4n) is 13.8. The molecule has 0 fully saturated rings. The maximum absolute atomic E-state index is 12.9. The summed E-state index contributed by atoms with van der Waals surface area (Å²) in [4.78, 5) is 85.0. The van der Waals surface area contributed by atoms with Gasteiger partial charge in [0.2, 0.25) is 0 Å². The van der Waals surface area contributed by atoms with Gasteiger partial charge in [0.05, 0.1) is 132 Å². The number of anilines is 15. The highest BCUT2D eigenvalue weighted by molar-refractivity contribution is 6.13. The second kappa shape index (κ2) is 53.1. The molecule has 32 heteroatoms. The minimum atomic E-state index is -0.274. The number of rotatable bonds is 36. The van der Waals surface area contributed by atoms with Crippen molar-refractivity contribution in [2.24, 2.45) is 0 Å². The quantitative estimate of drug-likeness (QED) is 0.00750. The second-order valence-electron chi connectivity index (χ2n) is 30.7. The molecule has 0 radical (unpaired) electrons. The average molecular weight is 1920 g/mol. The Kier molecular flexibility index (Phi) is 38.9. The Bertz CT molecular complexity index is 7060. The van der Waals surface area contributed by atoms with Crippen LogP contribution in [0.25, 0.3) is 30.4 Å². The van der Waals surface area contributed by atoms with E-state index in [9.17, 15) is 44.4 Å². The van der Waals surface area contributed by atoms with Gasteiger partial charge < -0.3 is 114 Å². The zero-order valence-corrected chi connectivity index (χ0v) is 79.1. The van der Waals surface area contributed by atoms with Gasteiger partial charge in [-0.25, -0.2) is 24.9 Å². The molecule has 0 aliphatic rings. The van der Waals surface area contributed by atoms with Crippen LogP contribution in [0, 0.1) is 0 Å². The third-order valence-corrected chi connectivity index (χ3v) is 21.2. The van der Waals surface area contributed by atoms with E-state index >= 15 is 0 Å². The Hall–Kier alpha value is -18.8. The van der Waals surface area contributed by atoms with Crippen LogP contribution in [0.15, 0.2) is 322 Å². The number of aliphatic hydroxyl groups is 4. The van der Waals surface area contributed by atoms with E-state index in [1.165, 1.54) is 51.7 Å². The summed E-state index contributed by atoms with van der Waals surface area (Å²) in [5.41, 5.74) is 44.2. The normalized spacial score (nSPS) is 10.8. The Labute approximate surface area is 825 Å². The molecular formula is C111H107N15O17. The van der Waals surface area contributed by atoms with Crippen LogP contribution in [0.1, 0.15) is 102 Å². The first-order valence-electron chi connectivity index (χ1n) is 44.0. The molecule has 143 heavy (non-hydrogen) atoms. The van der Waals surface area contributed by atoms with Gasteiger partial charge in [-0.1, -0.05) is 97.1 Å². The Balaban J connectivity index is 0.000000171. The van der Waals surface area contributed by atoms with E-state index < -0.39 is 0 Å². The molecule has 15 aromatic rings. The maximum atomic E-state index is 12.9. The van der Waals surface area contributed by atoms with Crippen molar-refractivity contribution in [1.29, 1.82) is 0 Å². The van der Waals surface area contributed by atoms with Crippen LogP contribution in [-0.4, -0.2) is 129 Å². The number of aliphatic hydroxyl groups excluding tert-OH is 4. The molecule has 15 rings (SSSR count). The second-order valence-corrected chi connectivity index (χ2v) is 30.7. The van der Waals surface area contributed by atoms with E-state index in [0.29, 0.717) is 159 Å². The molecular weight excluding hydrogens is 1820 g/mol. The molecule has 728 valence electrons. The van der Waals surface area contributed by atoms with Gasteiger partial charge in [0.1, 0.15) is 75.1 Å². The lowest BCUT2D eigenvalue weighted by Gasteiger charge is -2.15. The molecule has 20 N–H and O–H groups in total. The van der Waals surface area contributed by atoms with Gasteiger partial charge in [0.25, 0.3) is 0 Å². The summed E-state index contributed by atoms with van der Waals surface area (Å²) in [7, 11) is 10.8. The average Bonchev–Trinajstić information content (AvgIpc) is 0.813. The van der Waals surface area contributed by atoms with Crippen LogP contribution in [0.4, 0.5) is 86.0 Å². The molecule has 32 nitrogen and oxygen atoms in total. The molecule has 5 heterocycles. The van der Waals surface area contributed by atoms with Crippen molar-refractivity contribution < 1.29 is 82.7 Å². The van der Waals surface area contributed by atoms with Crippen molar-refractivity contribution in [3.63, 3.8) is 0 Å². The molecule has 0 aliphatic heterocycles. The number of allylic oxidation sites excluding steroid dienone is 5. The molecule has 5 aromatic heterocycles. The summed E-state index contributed by atoms with van der Waals surface area (Å²) in [6.07, 6.45) is 23.9. The number of methoxy groups -OCH3 is 7. The number of pyridine rings is 5. The largest absolute Gasteiger partial charge is 0.508 e. The molecule has 0 spiro atoms. The van der Waals surface area contributed by atoms with Crippen molar-refractivity contribution in [3.8, 4) is 46.0 Å². The smallest absolute Gasteiger partial charge is 0.189 e.